The number of carbonyl (C=O) groups is 1. The van der Waals surface area contributed by atoms with E-state index in [1.54, 1.807) is 39.8 Å². The number of nitrogens with zero attached hydrogens (tertiary/aromatic N) is 5. The van der Waals surface area contributed by atoms with Crippen molar-refractivity contribution >= 4 is 59.2 Å². The van der Waals surface area contributed by atoms with Gasteiger partial charge in [0.1, 0.15) is 11.7 Å². The zero-order valence-corrected chi connectivity index (χ0v) is 23.0. The van der Waals surface area contributed by atoms with E-state index in [-0.39, 0.29) is 41.6 Å². The van der Waals surface area contributed by atoms with Gasteiger partial charge in [-0.2, -0.15) is 9.97 Å². The molecule has 5 atom stereocenters. The monoisotopic (exact) mass is 566 g/mol. The number of alkyl halides is 2. The van der Waals surface area contributed by atoms with Crippen LogP contribution in [-0.2, 0) is 27.7 Å². The minimum absolute atomic E-state index is 0.0221. The van der Waals surface area contributed by atoms with Crippen LogP contribution in [0.1, 0.15) is 27.0 Å². The molecule has 2 saturated heterocycles. The Morgan fingerprint density at radius 2 is 2.17 bits per heavy atom. The first kappa shape index (κ1) is 27.5. The molecule has 12 nitrogen and oxygen atoms in total. The standard InChI is InChI=1S/C20H29ClFN6O6PS/c1-19(2,3)17(29)36-7-6-31-35(30)32-9-20(8-21)13(34-35)11(22)16(33-20)28-10-24-12-14(27(4)5)25-18(23)26-15(12)28/h10-11,13,16H,6-9H2,1-5H3,(H2,23,25,26)/t11-,13+,16-,20-,35?/m1/s1. The third-order valence-electron chi connectivity index (χ3n) is 5.67. The van der Waals surface area contributed by atoms with E-state index < -0.39 is 37.3 Å². The number of carbonyl (C=O) groups excluding carboxylic acids is 1. The number of anilines is 2. The maximum Gasteiger partial charge on any atom is 0.475 e. The number of thioether (sulfide) groups is 1. The highest BCUT2D eigenvalue weighted by molar-refractivity contribution is 8.13. The van der Waals surface area contributed by atoms with E-state index in [1.807, 2.05) is 0 Å². The molecule has 0 radical (unpaired) electrons. The predicted molar refractivity (Wildman–Crippen MR) is 134 cm³/mol. The van der Waals surface area contributed by atoms with Crippen molar-refractivity contribution in [3.63, 3.8) is 0 Å². The minimum atomic E-state index is -4.14. The average Bonchev–Trinajstić information content (AvgIpc) is 3.34. The Morgan fingerprint density at radius 1 is 1.44 bits per heavy atom. The van der Waals surface area contributed by atoms with Gasteiger partial charge >= 0.3 is 7.82 Å². The maximum absolute atomic E-state index is 15.9. The smallest absolute Gasteiger partial charge is 0.368 e. The Morgan fingerprint density at radius 3 is 2.81 bits per heavy atom. The van der Waals surface area contributed by atoms with Crippen LogP contribution in [0, 0.1) is 5.41 Å². The van der Waals surface area contributed by atoms with Crippen molar-refractivity contribution in [2.45, 2.75) is 44.9 Å². The summed E-state index contributed by atoms with van der Waals surface area (Å²) in [6.07, 6.45) is -3.08. The zero-order valence-electron chi connectivity index (χ0n) is 20.5. The summed E-state index contributed by atoms with van der Waals surface area (Å²) in [5.74, 6) is 0.463. The second kappa shape index (κ2) is 9.97. The van der Waals surface area contributed by atoms with E-state index in [0.29, 0.717) is 11.3 Å². The molecular formula is C20H29ClFN6O6PS. The van der Waals surface area contributed by atoms with Gasteiger partial charge in [-0.25, -0.2) is 13.9 Å². The van der Waals surface area contributed by atoms with Crippen LogP contribution in [0.5, 0.6) is 0 Å². The van der Waals surface area contributed by atoms with Crippen molar-refractivity contribution in [2.75, 3.05) is 49.6 Å². The molecule has 36 heavy (non-hydrogen) atoms. The van der Waals surface area contributed by atoms with Crippen LogP contribution in [0.25, 0.3) is 11.2 Å². The van der Waals surface area contributed by atoms with Crippen LogP contribution < -0.4 is 10.6 Å². The lowest BCUT2D eigenvalue weighted by Gasteiger charge is -2.38. The van der Waals surface area contributed by atoms with Gasteiger partial charge in [0, 0.05) is 25.3 Å². The molecule has 1 unspecified atom stereocenters. The molecule has 2 aliphatic rings. The van der Waals surface area contributed by atoms with Crippen molar-refractivity contribution in [1.29, 1.82) is 0 Å². The SMILES string of the molecule is CN(C)c1nc(N)nc2c1ncn2[C@@H]1O[C@]2(CCl)COP(=O)(OCCSC(=O)C(C)(C)C)O[C@H]2[C@H]1F. The summed E-state index contributed by atoms with van der Waals surface area (Å²) < 4.78 is 52.6. The van der Waals surface area contributed by atoms with Gasteiger partial charge in [0.2, 0.25) is 5.95 Å². The molecule has 2 fully saturated rings. The number of hydrogen-bond donors (Lipinski definition) is 1. The van der Waals surface area contributed by atoms with Crippen LogP contribution >= 0.6 is 31.2 Å². The molecule has 0 bridgehead atoms. The van der Waals surface area contributed by atoms with E-state index >= 15 is 4.39 Å². The molecule has 200 valence electrons. The van der Waals surface area contributed by atoms with Crippen molar-refractivity contribution in [3.05, 3.63) is 6.33 Å². The van der Waals surface area contributed by atoms with Gasteiger partial charge in [-0.1, -0.05) is 32.5 Å². The molecule has 2 aliphatic heterocycles. The molecule has 4 rings (SSSR count). The van der Waals surface area contributed by atoms with Crippen molar-refractivity contribution < 1.29 is 32.1 Å². The molecule has 0 spiro atoms. The van der Waals surface area contributed by atoms with E-state index in [0.717, 1.165) is 11.8 Å². The lowest BCUT2D eigenvalue weighted by molar-refractivity contribution is -0.133. The maximum atomic E-state index is 15.9. The highest BCUT2D eigenvalue weighted by Gasteiger charge is 2.63. The van der Waals surface area contributed by atoms with Crippen LogP contribution in [0.15, 0.2) is 6.33 Å². The van der Waals surface area contributed by atoms with Gasteiger partial charge < -0.3 is 15.4 Å². The lowest BCUT2D eigenvalue weighted by Crippen LogP contribution is -2.51. The van der Waals surface area contributed by atoms with E-state index in [4.69, 9.17) is 35.6 Å². The number of aromatic nitrogens is 4. The number of nitrogens with two attached hydrogens (primary N) is 1. The number of phosphoric ester groups is 1. The summed E-state index contributed by atoms with van der Waals surface area (Å²) in [6, 6.07) is 0. The summed E-state index contributed by atoms with van der Waals surface area (Å²) in [5, 5.41) is -0.0405. The van der Waals surface area contributed by atoms with Gasteiger partial charge in [-0.3, -0.25) is 22.9 Å². The Hall–Kier alpha value is -1.54. The van der Waals surface area contributed by atoms with Crippen LogP contribution in [-0.4, -0.2) is 81.5 Å². The van der Waals surface area contributed by atoms with Gasteiger partial charge in [-0.15, -0.1) is 11.6 Å². The van der Waals surface area contributed by atoms with Gasteiger partial charge in [0.05, 0.1) is 25.4 Å². The molecule has 0 aromatic carbocycles. The molecule has 16 heteroatoms. The Kier molecular flexibility index (Phi) is 7.62. The number of rotatable bonds is 7. The first-order chi connectivity index (χ1) is 16.8. The fraction of sp³-hybridized carbons (Fsp3) is 0.700. The number of phosphoric acid groups is 1. The first-order valence-corrected chi connectivity index (χ1v) is 14.1. The van der Waals surface area contributed by atoms with Crippen molar-refractivity contribution in [3.8, 4) is 0 Å². The van der Waals surface area contributed by atoms with Gasteiger partial charge in [0.15, 0.2) is 34.5 Å². The molecule has 0 saturated carbocycles. The highest BCUT2D eigenvalue weighted by Crippen LogP contribution is 2.60. The fourth-order valence-corrected chi connectivity index (χ4v) is 6.46. The summed E-state index contributed by atoms with van der Waals surface area (Å²) in [5.41, 5.74) is 4.56. The molecule has 2 N–H and O–H groups in total. The third kappa shape index (κ3) is 5.09. The number of hydrogen-bond acceptors (Lipinski definition) is 12. The van der Waals surface area contributed by atoms with Crippen molar-refractivity contribution in [1.82, 2.24) is 19.5 Å². The zero-order chi connectivity index (χ0) is 26.5. The minimum Gasteiger partial charge on any atom is -0.368 e. The van der Waals surface area contributed by atoms with Crippen LogP contribution in [0.4, 0.5) is 16.2 Å². The summed E-state index contributed by atoms with van der Waals surface area (Å²) in [7, 11) is -0.607. The summed E-state index contributed by atoms with van der Waals surface area (Å²) in [4.78, 5) is 26.5. The quantitative estimate of drug-likeness (QED) is 0.298. The number of fused-ring (bicyclic) bond motifs is 2. The fourth-order valence-electron chi connectivity index (χ4n) is 3.78. The average molecular weight is 567 g/mol. The molecule has 2 aromatic heterocycles. The third-order valence-corrected chi connectivity index (χ3v) is 8.80. The summed E-state index contributed by atoms with van der Waals surface area (Å²) in [6.45, 7) is 4.98. The molecular weight excluding hydrogens is 538 g/mol. The number of imidazole rings is 1. The molecule has 4 heterocycles. The van der Waals surface area contributed by atoms with Crippen molar-refractivity contribution in [2.24, 2.45) is 5.41 Å². The van der Waals surface area contributed by atoms with Gasteiger partial charge in [0.25, 0.3) is 0 Å². The van der Waals surface area contributed by atoms with Crippen LogP contribution in [0.3, 0.4) is 0 Å². The highest BCUT2D eigenvalue weighted by atomic mass is 35.5. The Balaban J connectivity index is 1.52. The van der Waals surface area contributed by atoms with Gasteiger partial charge in [-0.05, 0) is 0 Å². The number of nitrogen functional groups attached to an aromatic ring is 1. The predicted octanol–water partition coefficient (Wildman–Crippen LogP) is 3.17. The summed E-state index contributed by atoms with van der Waals surface area (Å²) >= 11 is 7.22. The van der Waals surface area contributed by atoms with E-state index in [1.165, 1.54) is 10.9 Å². The van der Waals surface area contributed by atoms with Crippen LogP contribution in [0.2, 0.25) is 0 Å². The topological polar surface area (TPSA) is 144 Å². The Labute approximate surface area is 217 Å². The largest absolute Gasteiger partial charge is 0.475 e. The van der Waals surface area contributed by atoms with E-state index in [9.17, 15) is 9.36 Å². The first-order valence-electron chi connectivity index (χ1n) is 11.1. The number of ether oxygens (including phenoxy) is 1. The second-order valence-corrected chi connectivity index (χ2v) is 12.7. The molecule has 2 aromatic rings. The normalized spacial score (nSPS) is 30.5. The Bertz CT molecular complexity index is 1200. The number of halogens is 2. The lowest BCUT2D eigenvalue weighted by atomic mass is 9.99. The van der Waals surface area contributed by atoms with E-state index in [2.05, 4.69) is 15.0 Å². The molecule has 0 amide bonds. The molecule has 0 aliphatic carbocycles. The second-order valence-electron chi connectivity index (χ2n) is 9.74.